The normalized spacial score (nSPS) is 22.6. The van der Waals surface area contributed by atoms with E-state index in [2.05, 4.69) is 5.32 Å². The Morgan fingerprint density at radius 1 is 1.30 bits per heavy atom. The van der Waals surface area contributed by atoms with E-state index in [0.717, 1.165) is 36.8 Å². The summed E-state index contributed by atoms with van der Waals surface area (Å²) >= 11 is 6.01. The zero-order valence-corrected chi connectivity index (χ0v) is 13.2. The van der Waals surface area contributed by atoms with Gasteiger partial charge in [0.1, 0.15) is 0 Å². The third-order valence-electron chi connectivity index (χ3n) is 4.38. The minimum atomic E-state index is 0.0951. The van der Waals surface area contributed by atoms with Gasteiger partial charge in [0, 0.05) is 29.7 Å². The highest BCUT2D eigenvalue weighted by molar-refractivity contribution is 6.31. The van der Waals surface area contributed by atoms with Crippen LogP contribution >= 0.6 is 11.6 Å². The summed E-state index contributed by atoms with van der Waals surface area (Å²) in [5, 5.41) is 4.03. The van der Waals surface area contributed by atoms with Crippen molar-refractivity contribution in [3.05, 3.63) is 34.3 Å². The molecule has 1 aliphatic rings. The third-order valence-corrected chi connectivity index (χ3v) is 4.80. The van der Waals surface area contributed by atoms with E-state index in [9.17, 15) is 4.79 Å². The molecule has 1 amide bonds. The molecule has 1 aliphatic carbocycles. The third kappa shape index (κ3) is 3.33. The van der Waals surface area contributed by atoms with E-state index < -0.39 is 0 Å². The van der Waals surface area contributed by atoms with Crippen LogP contribution in [0.2, 0.25) is 5.02 Å². The largest absolute Gasteiger partial charge is 0.339 e. The smallest absolute Gasteiger partial charge is 0.253 e. The molecule has 0 aliphatic heterocycles. The lowest BCUT2D eigenvalue weighted by atomic mass is 9.90. The first-order valence-corrected chi connectivity index (χ1v) is 7.61. The zero-order chi connectivity index (χ0) is 14.7. The van der Waals surface area contributed by atoms with Gasteiger partial charge >= 0.3 is 0 Å². The highest BCUT2D eigenvalue weighted by atomic mass is 35.5. The van der Waals surface area contributed by atoms with Crippen molar-refractivity contribution in [2.45, 2.75) is 44.7 Å². The predicted molar refractivity (Wildman–Crippen MR) is 83.4 cm³/mol. The summed E-state index contributed by atoms with van der Waals surface area (Å²) in [6.07, 6.45) is 4.41. The van der Waals surface area contributed by atoms with E-state index in [4.69, 9.17) is 11.6 Å². The molecule has 1 N–H and O–H groups in total. The molecule has 2 rings (SSSR count). The van der Waals surface area contributed by atoms with Gasteiger partial charge in [0.05, 0.1) is 0 Å². The zero-order valence-electron chi connectivity index (χ0n) is 12.4. The average molecular weight is 295 g/mol. The molecule has 0 radical (unpaired) electrons. The number of carbonyl (C=O) groups excluding carboxylic acids is 1. The molecule has 0 atom stereocenters. The van der Waals surface area contributed by atoms with E-state index in [0.29, 0.717) is 17.1 Å². The Labute approximate surface area is 126 Å². The van der Waals surface area contributed by atoms with Crippen molar-refractivity contribution in [3.63, 3.8) is 0 Å². The summed E-state index contributed by atoms with van der Waals surface area (Å²) in [7, 11) is 3.92. The van der Waals surface area contributed by atoms with Crippen molar-refractivity contribution >= 4 is 17.5 Å². The number of hydrogen-bond acceptors (Lipinski definition) is 2. The molecule has 110 valence electrons. The van der Waals surface area contributed by atoms with Crippen LogP contribution in [-0.4, -0.2) is 37.0 Å². The van der Waals surface area contributed by atoms with Gasteiger partial charge in [0.15, 0.2) is 0 Å². The molecule has 20 heavy (non-hydrogen) atoms. The number of hydrogen-bond donors (Lipinski definition) is 1. The van der Waals surface area contributed by atoms with Gasteiger partial charge < -0.3 is 10.2 Å². The molecule has 1 aromatic carbocycles. The Hall–Kier alpha value is -1.06. The molecule has 0 unspecified atom stereocenters. The Kier molecular flexibility index (Phi) is 5.06. The summed E-state index contributed by atoms with van der Waals surface area (Å²) in [5.41, 5.74) is 1.68. The molecule has 1 fully saturated rings. The molecule has 0 heterocycles. The van der Waals surface area contributed by atoms with Crippen LogP contribution in [0.1, 0.15) is 41.6 Å². The van der Waals surface area contributed by atoms with E-state index in [1.54, 1.807) is 6.07 Å². The number of benzene rings is 1. The van der Waals surface area contributed by atoms with Crippen molar-refractivity contribution in [2.75, 3.05) is 14.1 Å². The molecule has 0 saturated heterocycles. The maximum Gasteiger partial charge on any atom is 0.253 e. The van der Waals surface area contributed by atoms with Crippen LogP contribution in [0.25, 0.3) is 0 Å². The first-order chi connectivity index (χ1) is 9.52. The van der Waals surface area contributed by atoms with Crippen LogP contribution < -0.4 is 5.32 Å². The molecule has 1 aromatic rings. The van der Waals surface area contributed by atoms with Crippen molar-refractivity contribution in [1.82, 2.24) is 10.2 Å². The lowest BCUT2D eigenvalue weighted by molar-refractivity contribution is 0.0685. The number of halogens is 1. The first kappa shape index (κ1) is 15.3. The number of nitrogens with one attached hydrogen (secondary N) is 1. The van der Waals surface area contributed by atoms with Gasteiger partial charge in [0.25, 0.3) is 5.91 Å². The summed E-state index contributed by atoms with van der Waals surface area (Å²) in [5.74, 6) is 0.0951. The van der Waals surface area contributed by atoms with Crippen LogP contribution in [-0.2, 0) is 0 Å². The van der Waals surface area contributed by atoms with E-state index in [1.165, 1.54) is 0 Å². The lowest BCUT2D eigenvalue weighted by Crippen LogP contribution is -2.42. The minimum Gasteiger partial charge on any atom is -0.339 e. The second-order valence-corrected chi connectivity index (χ2v) is 6.08. The topological polar surface area (TPSA) is 32.3 Å². The van der Waals surface area contributed by atoms with Crippen LogP contribution in [0.5, 0.6) is 0 Å². The number of nitrogens with zero attached hydrogens (tertiary/aromatic N) is 1. The van der Waals surface area contributed by atoms with Crippen molar-refractivity contribution in [3.8, 4) is 0 Å². The number of rotatable bonds is 3. The molecule has 0 bridgehead atoms. The molecular formula is C16H23ClN2O. The maximum atomic E-state index is 12.5. The monoisotopic (exact) mass is 294 g/mol. The molecule has 4 heteroatoms. The van der Waals surface area contributed by atoms with Gasteiger partial charge in [-0.2, -0.15) is 0 Å². The highest BCUT2D eigenvalue weighted by Crippen LogP contribution is 2.24. The van der Waals surface area contributed by atoms with E-state index >= 15 is 0 Å². The lowest BCUT2D eigenvalue weighted by Gasteiger charge is -2.34. The molecule has 3 nitrogen and oxygen atoms in total. The fourth-order valence-electron chi connectivity index (χ4n) is 2.90. The quantitative estimate of drug-likeness (QED) is 0.928. The van der Waals surface area contributed by atoms with Crippen molar-refractivity contribution in [1.29, 1.82) is 0 Å². The molecular weight excluding hydrogens is 272 g/mol. The van der Waals surface area contributed by atoms with Crippen LogP contribution in [0.3, 0.4) is 0 Å². The van der Waals surface area contributed by atoms with E-state index in [1.807, 2.05) is 38.1 Å². The van der Waals surface area contributed by atoms with Gasteiger partial charge in [-0.15, -0.1) is 0 Å². The first-order valence-electron chi connectivity index (χ1n) is 7.23. The second-order valence-electron chi connectivity index (χ2n) is 5.67. The Morgan fingerprint density at radius 2 is 1.95 bits per heavy atom. The Morgan fingerprint density at radius 3 is 2.50 bits per heavy atom. The average Bonchev–Trinajstić information content (AvgIpc) is 2.48. The standard InChI is InChI=1S/C16H23ClN2O/c1-11-10-12(4-9-15(11)17)16(20)19(3)14-7-5-13(18-2)6-8-14/h4,9-10,13-14,18H,5-8H2,1-3H3. The fourth-order valence-corrected chi connectivity index (χ4v) is 3.02. The predicted octanol–water partition coefficient (Wildman–Crippen LogP) is 3.25. The number of amides is 1. The highest BCUT2D eigenvalue weighted by Gasteiger charge is 2.26. The Bertz CT molecular complexity index is 481. The van der Waals surface area contributed by atoms with Gasteiger partial charge in [-0.3, -0.25) is 4.79 Å². The van der Waals surface area contributed by atoms with Crippen molar-refractivity contribution in [2.24, 2.45) is 0 Å². The van der Waals surface area contributed by atoms with Crippen LogP contribution in [0.4, 0.5) is 0 Å². The van der Waals surface area contributed by atoms with E-state index in [-0.39, 0.29) is 5.91 Å². The van der Waals surface area contributed by atoms with Crippen LogP contribution in [0, 0.1) is 6.92 Å². The summed E-state index contributed by atoms with van der Waals surface area (Å²) in [4.78, 5) is 14.4. The Balaban J connectivity index is 2.03. The minimum absolute atomic E-state index is 0.0951. The van der Waals surface area contributed by atoms with Gasteiger partial charge in [0.2, 0.25) is 0 Å². The molecule has 0 aromatic heterocycles. The van der Waals surface area contributed by atoms with Gasteiger partial charge in [-0.05, 0) is 63.4 Å². The van der Waals surface area contributed by atoms with Gasteiger partial charge in [-0.1, -0.05) is 11.6 Å². The number of carbonyl (C=O) groups is 1. The summed E-state index contributed by atoms with van der Waals surface area (Å²) in [6.45, 7) is 1.93. The summed E-state index contributed by atoms with van der Waals surface area (Å²) < 4.78 is 0. The SMILES string of the molecule is CNC1CCC(N(C)C(=O)c2ccc(Cl)c(C)c2)CC1. The molecule has 1 saturated carbocycles. The fraction of sp³-hybridized carbons (Fsp3) is 0.562. The number of aryl methyl sites for hydroxylation is 1. The van der Waals surface area contributed by atoms with Gasteiger partial charge in [-0.25, -0.2) is 0 Å². The van der Waals surface area contributed by atoms with Crippen LogP contribution in [0.15, 0.2) is 18.2 Å². The molecule has 0 spiro atoms. The van der Waals surface area contributed by atoms with Crippen molar-refractivity contribution < 1.29 is 4.79 Å². The maximum absolute atomic E-state index is 12.5. The second kappa shape index (κ2) is 6.59. The summed E-state index contributed by atoms with van der Waals surface area (Å²) in [6, 6.07) is 6.44.